The summed E-state index contributed by atoms with van der Waals surface area (Å²) >= 11 is 0. The molecule has 9 heavy (non-hydrogen) atoms. The highest BCUT2D eigenvalue weighted by atomic mass is 16.9. The summed E-state index contributed by atoms with van der Waals surface area (Å²) < 4.78 is 15.4. The van der Waals surface area contributed by atoms with Crippen molar-refractivity contribution in [2.24, 2.45) is 0 Å². The van der Waals surface area contributed by atoms with Crippen molar-refractivity contribution in [1.82, 2.24) is 0 Å². The molecule has 2 rings (SSSR count). The van der Waals surface area contributed by atoms with E-state index < -0.39 is 0 Å². The maximum atomic E-state index is 5.26. The van der Waals surface area contributed by atoms with E-state index in [1.54, 1.807) is 0 Å². The average molecular weight is 130 g/mol. The third-order valence-corrected chi connectivity index (χ3v) is 1.93. The summed E-state index contributed by atoms with van der Waals surface area (Å²) in [6.07, 6.45) is 3.30. The Labute approximate surface area is 53.9 Å². The van der Waals surface area contributed by atoms with Gasteiger partial charge in [-0.2, -0.15) is 0 Å². The summed E-state index contributed by atoms with van der Waals surface area (Å²) in [4.78, 5) is 0. The molecule has 0 unspecified atom stereocenters. The number of ether oxygens (including phenoxy) is 3. The van der Waals surface area contributed by atoms with Gasteiger partial charge in [0.15, 0.2) is 19.4 Å². The van der Waals surface area contributed by atoms with Crippen molar-refractivity contribution in [3.63, 3.8) is 0 Å². The second-order valence-electron chi connectivity index (χ2n) is 2.49. The van der Waals surface area contributed by atoms with Crippen LogP contribution in [-0.4, -0.2) is 19.4 Å². The highest BCUT2D eigenvalue weighted by Crippen LogP contribution is 2.37. The van der Waals surface area contributed by atoms with Crippen LogP contribution in [0.25, 0.3) is 0 Å². The fourth-order valence-electron chi connectivity index (χ4n) is 1.13. The van der Waals surface area contributed by atoms with Crippen LogP contribution < -0.4 is 0 Å². The normalized spacial score (nSPS) is 32.0. The van der Waals surface area contributed by atoms with Crippen molar-refractivity contribution in [2.75, 3.05) is 13.6 Å². The Balaban J connectivity index is 1.93. The highest BCUT2D eigenvalue weighted by Gasteiger charge is 2.41. The summed E-state index contributed by atoms with van der Waals surface area (Å²) in [7, 11) is 0. The molecule has 0 bridgehead atoms. The molecular weight excluding hydrogens is 120 g/mol. The Morgan fingerprint density at radius 1 is 1.00 bits per heavy atom. The molecule has 1 spiro atoms. The van der Waals surface area contributed by atoms with Crippen LogP contribution in [0.4, 0.5) is 0 Å². The van der Waals surface area contributed by atoms with Gasteiger partial charge < -0.3 is 14.2 Å². The average Bonchev–Trinajstić information content (AvgIpc) is 1.87. The Kier molecular flexibility index (Phi) is 1.22. The van der Waals surface area contributed by atoms with E-state index in [-0.39, 0.29) is 5.79 Å². The van der Waals surface area contributed by atoms with Crippen molar-refractivity contribution in [2.45, 2.75) is 25.0 Å². The van der Waals surface area contributed by atoms with E-state index in [9.17, 15) is 0 Å². The van der Waals surface area contributed by atoms with Crippen LogP contribution in [0.3, 0.4) is 0 Å². The highest BCUT2D eigenvalue weighted by molar-refractivity contribution is 4.80. The number of rotatable bonds is 0. The molecule has 0 aromatic rings. The molecule has 1 saturated carbocycles. The van der Waals surface area contributed by atoms with Crippen molar-refractivity contribution < 1.29 is 14.2 Å². The first-order valence-corrected chi connectivity index (χ1v) is 3.27. The lowest BCUT2D eigenvalue weighted by Crippen LogP contribution is -2.47. The maximum Gasteiger partial charge on any atom is 0.174 e. The molecule has 2 aliphatic rings. The fourth-order valence-corrected chi connectivity index (χ4v) is 1.13. The third-order valence-electron chi connectivity index (χ3n) is 1.93. The van der Waals surface area contributed by atoms with Crippen LogP contribution in [-0.2, 0) is 14.2 Å². The van der Waals surface area contributed by atoms with Gasteiger partial charge in [-0.25, -0.2) is 0 Å². The molecule has 52 valence electrons. The van der Waals surface area contributed by atoms with Gasteiger partial charge in [0.1, 0.15) is 0 Å². The van der Waals surface area contributed by atoms with E-state index in [0.29, 0.717) is 13.6 Å². The molecule has 0 amide bonds. The molecule has 3 heteroatoms. The van der Waals surface area contributed by atoms with Gasteiger partial charge in [-0.05, 0) is 6.42 Å². The summed E-state index contributed by atoms with van der Waals surface area (Å²) in [6, 6.07) is 0. The lowest BCUT2D eigenvalue weighted by atomic mass is 9.91. The second kappa shape index (κ2) is 1.94. The van der Waals surface area contributed by atoms with Crippen molar-refractivity contribution in [3.8, 4) is 0 Å². The Morgan fingerprint density at radius 2 is 1.67 bits per heavy atom. The number of hydrogen-bond donors (Lipinski definition) is 0. The fraction of sp³-hybridized carbons (Fsp3) is 1.00. The Bertz CT molecular complexity index is 101. The van der Waals surface area contributed by atoms with Crippen LogP contribution in [0, 0.1) is 0 Å². The van der Waals surface area contributed by atoms with Crippen LogP contribution in [0.15, 0.2) is 0 Å². The predicted molar refractivity (Wildman–Crippen MR) is 29.6 cm³/mol. The second-order valence-corrected chi connectivity index (χ2v) is 2.49. The van der Waals surface area contributed by atoms with Crippen LogP contribution in [0.5, 0.6) is 0 Å². The monoisotopic (exact) mass is 130 g/mol. The lowest BCUT2D eigenvalue weighted by Gasteiger charge is -2.43. The third kappa shape index (κ3) is 0.852. The van der Waals surface area contributed by atoms with Crippen molar-refractivity contribution in [3.05, 3.63) is 0 Å². The Hall–Kier alpha value is -0.120. The zero-order chi connectivity index (χ0) is 6.16. The lowest BCUT2D eigenvalue weighted by molar-refractivity contribution is -0.383. The minimum absolute atomic E-state index is 0.224. The van der Waals surface area contributed by atoms with Gasteiger partial charge in [0.05, 0.1) is 0 Å². The first-order valence-electron chi connectivity index (χ1n) is 3.27. The van der Waals surface area contributed by atoms with Gasteiger partial charge in [-0.3, -0.25) is 0 Å². The first-order chi connectivity index (χ1) is 4.41. The van der Waals surface area contributed by atoms with Gasteiger partial charge in [-0.1, -0.05) is 0 Å². The van der Waals surface area contributed by atoms with E-state index in [1.165, 1.54) is 6.42 Å². The first kappa shape index (κ1) is 5.65. The van der Waals surface area contributed by atoms with E-state index >= 15 is 0 Å². The molecule has 0 aromatic carbocycles. The molecule has 1 saturated heterocycles. The largest absolute Gasteiger partial charge is 0.329 e. The quantitative estimate of drug-likeness (QED) is 0.486. The van der Waals surface area contributed by atoms with Crippen LogP contribution >= 0.6 is 0 Å². The van der Waals surface area contributed by atoms with Crippen LogP contribution in [0.1, 0.15) is 19.3 Å². The summed E-state index contributed by atoms with van der Waals surface area (Å²) in [5.74, 6) is -0.224. The molecule has 0 aromatic heterocycles. The molecule has 2 fully saturated rings. The molecule has 1 aliphatic carbocycles. The van der Waals surface area contributed by atoms with E-state index in [2.05, 4.69) is 0 Å². The van der Waals surface area contributed by atoms with Crippen molar-refractivity contribution >= 4 is 0 Å². The minimum atomic E-state index is -0.224. The summed E-state index contributed by atoms with van der Waals surface area (Å²) in [6.45, 7) is 0.806. The minimum Gasteiger partial charge on any atom is -0.329 e. The molecule has 1 aliphatic heterocycles. The molecular formula is C6H10O3. The summed E-state index contributed by atoms with van der Waals surface area (Å²) in [5.41, 5.74) is 0. The predicted octanol–water partition coefficient (Wildman–Crippen LogP) is 0.845. The van der Waals surface area contributed by atoms with Crippen LogP contribution in [0.2, 0.25) is 0 Å². The van der Waals surface area contributed by atoms with E-state index in [4.69, 9.17) is 14.2 Å². The smallest absolute Gasteiger partial charge is 0.174 e. The molecule has 0 atom stereocenters. The van der Waals surface area contributed by atoms with Gasteiger partial charge in [0.2, 0.25) is 0 Å². The zero-order valence-electron chi connectivity index (χ0n) is 5.26. The molecule has 0 N–H and O–H groups in total. The van der Waals surface area contributed by atoms with Gasteiger partial charge in [-0.15, -0.1) is 0 Å². The molecule has 0 radical (unpaired) electrons. The zero-order valence-corrected chi connectivity index (χ0v) is 5.26. The van der Waals surface area contributed by atoms with E-state index in [0.717, 1.165) is 12.8 Å². The molecule has 1 heterocycles. The Morgan fingerprint density at radius 3 is 2.00 bits per heavy atom. The van der Waals surface area contributed by atoms with Gasteiger partial charge >= 0.3 is 0 Å². The van der Waals surface area contributed by atoms with Crippen molar-refractivity contribution in [1.29, 1.82) is 0 Å². The molecule has 3 nitrogen and oxygen atoms in total. The number of hydrogen-bond acceptors (Lipinski definition) is 3. The van der Waals surface area contributed by atoms with E-state index in [1.807, 2.05) is 0 Å². The maximum absolute atomic E-state index is 5.26. The van der Waals surface area contributed by atoms with Gasteiger partial charge in [0, 0.05) is 12.8 Å². The summed E-state index contributed by atoms with van der Waals surface area (Å²) in [5, 5.41) is 0. The van der Waals surface area contributed by atoms with Gasteiger partial charge in [0.25, 0.3) is 0 Å². The SMILES string of the molecule is C1CC2(C1)OCOCO2. The topological polar surface area (TPSA) is 27.7 Å². The standard InChI is InChI=1S/C6H10O3/c1-2-6(3-1)8-4-7-5-9-6/h1-5H2.